The first kappa shape index (κ1) is 23.9. The summed E-state index contributed by atoms with van der Waals surface area (Å²) in [6, 6.07) is 0. The molecular weight excluding hydrogens is 255 g/mol. The number of carbonyl (C=O) groups is 2. The van der Waals surface area contributed by atoms with Crippen LogP contribution in [0.1, 0.15) is 13.8 Å². The normalized spacial score (nSPS) is 7.33. The van der Waals surface area contributed by atoms with Crippen LogP contribution in [-0.2, 0) is 26.4 Å². The predicted octanol–water partition coefficient (Wildman–Crippen LogP) is -4.16. The Labute approximate surface area is 97.6 Å². The van der Waals surface area contributed by atoms with Gasteiger partial charge in [-0.15, -0.1) is 0 Å². The molecule has 0 unspecified atom stereocenters. The van der Waals surface area contributed by atoms with Crippen molar-refractivity contribution >= 4 is 11.9 Å². The van der Waals surface area contributed by atoms with Gasteiger partial charge in [-0.25, -0.2) is 0 Å². The maximum atomic E-state index is 8.89. The molecule has 0 aliphatic carbocycles. The number of aliphatic hydroxyl groups is 3. The molecule has 1 radical (unpaired) electrons. The minimum absolute atomic E-state index is 0. The Bertz CT molecular complexity index is 126. The fourth-order valence-corrected chi connectivity index (χ4v) is 0.0577. The Morgan fingerprint density at radius 3 is 1.20 bits per heavy atom. The van der Waals surface area contributed by atoms with Crippen molar-refractivity contribution in [2.75, 3.05) is 13.2 Å². The van der Waals surface area contributed by atoms with Crippen LogP contribution >= 0.6 is 0 Å². The predicted molar refractivity (Wildman–Crippen MR) is 41.5 cm³/mol. The molecule has 0 aliphatic heterocycles. The van der Waals surface area contributed by atoms with Gasteiger partial charge in [0.05, 0.1) is 13.2 Å². The summed E-state index contributed by atoms with van der Waals surface area (Å²) in [6.45, 7) is 1.22. The smallest absolute Gasteiger partial charge is 0.550 e. The second-order valence-corrected chi connectivity index (χ2v) is 2.00. The summed E-state index contributed by atoms with van der Waals surface area (Å²) in [5.41, 5.74) is 0. The van der Waals surface area contributed by atoms with Crippen LogP contribution in [-0.4, -0.2) is 46.6 Å². The van der Waals surface area contributed by atoms with Crippen molar-refractivity contribution in [3.63, 3.8) is 0 Å². The summed E-state index contributed by atoms with van der Waals surface area (Å²) in [6.07, 6.45) is -0.954. The van der Waals surface area contributed by atoms with Gasteiger partial charge in [0, 0.05) is 11.9 Å². The van der Waals surface area contributed by atoms with Crippen LogP contribution in [0.5, 0.6) is 0 Å². The number of carbonyl (C=O) groups excluding carboxylic acids is 2. The Balaban J connectivity index is -0.0000000606. The molecular formula is C7H14CoO7. The van der Waals surface area contributed by atoms with Gasteiger partial charge in [0.25, 0.3) is 0 Å². The molecule has 8 heteroatoms. The molecule has 0 spiro atoms. The van der Waals surface area contributed by atoms with E-state index in [1.807, 2.05) is 0 Å². The van der Waals surface area contributed by atoms with Crippen LogP contribution in [0.4, 0.5) is 0 Å². The van der Waals surface area contributed by atoms with Gasteiger partial charge in [0.15, 0.2) is 0 Å². The molecule has 0 saturated heterocycles. The van der Waals surface area contributed by atoms with Crippen LogP contribution in [0.3, 0.4) is 0 Å². The summed E-state index contributed by atoms with van der Waals surface area (Å²) in [4.78, 5) is 17.8. The zero-order valence-electron chi connectivity index (χ0n) is 8.30. The molecule has 0 saturated carbocycles. The van der Waals surface area contributed by atoms with Gasteiger partial charge >= 0.3 is 16.8 Å². The van der Waals surface area contributed by atoms with Crippen molar-refractivity contribution in [2.45, 2.75) is 20.0 Å². The standard InChI is InChI=1S/C3H8O3.2C2H4O2.Co/c4-1-3(6)2-5;2*1-2(3)4;/h3-6H,1-2H2;2*1H3,(H,3,4);/q;;;+2/p-2. The summed E-state index contributed by atoms with van der Waals surface area (Å²) in [5, 5.41) is 41.8. The first-order chi connectivity index (χ1) is 6.27. The molecule has 0 aliphatic rings. The summed E-state index contributed by atoms with van der Waals surface area (Å²) in [7, 11) is 0. The van der Waals surface area contributed by atoms with E-state index < -0.39 is 18.0 Å². The fraction of sp³-hybridized carbons (Fsp3) is 0.714. The molecule has 0 aromatic carbocycles. The Hall–Kier alpha value is -0.674. The second-order valence-electron chi connectivity index (χ2n) is 2.00. The van der Waals surface area contributed by atoms with E-state index in [0.717, 1.165) is 13.8 Å². The Kier molecular flexibility index (Phi) is 30.2. The first-order valence-electron chi connectivity index (χ1n) is 3.52. The molecule has 0 aromatic rings. The van der Waals surface area contributed by atoms with Crippen molar-refractivity contribution in [3.8, 4) is 0 Å². The zero-order chi connectivity index (χ0) is 12.1. The Morgan fingerprint density at radius 2 is 1.20 bits per heavy atom. The number of hydrogen-bond acceptors (Lipinski definition) is 7. The second kappa shape index (κ2) is 19.0. The van der Waals surface area contributed by atoms with Crippen LogP contribution in [0.25, 0.3) is 0 Å². The van der Waals surface area contributed by atoms with Gasteiger partial charge in [-0.05, 0) is 13.8 Å². The number of aliphatic carboxylic acids is 2. The third-order valence-electron chi connectivity index (χ3n) is 0.421. The molecule has 0 fully saturated rings. The molecule has 0 amide bonds. The number of carboxylic acids is 2. The molecule has 15 heavy (non-hydrogen) atoms. The summed E-state index contributed by atoms with van der Waals surface area (Å²) >= 11 is 0. The molecule has 0 aromatic heterocycles. The maximum Gasteiger partial charge on any atom is 2.00 e. The van der Waals surface area contributed by atoms with E-state index in [-0.39, 0.29) is 30.0 Å². The minimum Gasteiger partial charge on any atom is -0.550 e. The molecule has 0 atom stereocenters. The molecule has 0 heterocycles. The largest absolute Gasteiger partial charge is 2.00 e. The van der Waals surface area contributed by atoms with Crippen LogP contribution < -0.4 is 10.2 Å². The van der Waals surface area contributed by atoms with Crippen LogP contribution in [0.2, 0.25) is 0 Å². The third-order valence-corrected chi connectivity index (χ3v) is 0.421. The molecule has 0 bridgehead atoms. The van der Waals surface area contributed by atoms with Gasteiger partial charge in [-0.2, -0.15) is 0 Å². The SMILES string of the molecule is CC(=O)[O-].CC(=O)[O-].OCC(O)CO.[Co+2]. The number of rotatable bonds is 2. The van der Waals surface area contributed by atoms with E-state index in [1.165, 1.54) is 0 Å². The van der Waals surface area contributed by atoms with Crippen molar-refractivity contribution in [1.29, 1.82) is 0 Å². The van der Waals surface area contributed by atoms with Crippen molar-refractivity contribution < 1.29 is 51.9 Å². The zero-order valence-corrected chi connectivity index (χ0v) is 9.34. The van der Waals surface area contributed by atoms with Gasteiger partial charge in [-0.3, -0.25) is 0 Å². The number of aliphatic hydroxyl groups excluding tert-OH is 3. The Morgan fingerprint density at radius 1 is 1.07 bits per heavy atom. The fourth-order valence-electron chi connectivity index (χ4n) is 0.0577. The first-order valence-corrected chi connectivity index (χ1v) is 3.52. The van der Waals surface area contributed by atoms with Crippen molar-refractivity contribution in [2.24, 2.45) is 0 Å². The van der Waals surface area contributed by atoms with Crippen LogP contribution in [0, 0.1) is 0 Å². The number of hydrogen-bond donors (Lipinski definition) is 3. The maximum absolute atomic E-state index is 8.89. The van der Waals surface area contributed by atoms with Gasteiger partial charge in [0.2, 0.25) is 0 Å². The van der Waals surface area contributed by atoms with E-state index in [9.17, 15) is 0 Å². The van der Waals surface area contributed by atoms with Crippen molar-refractivity contribution in [3.05, 3.63) is 0 Å². The van der Waals surface area contributed by atoms with E-state index in [0.29, 0.717) is 0 Å². The summed E-state index contributed by atoms with van der Waals surface area (Å²) < 4.78 is 0. The van der Waals surface area contributed by atoms with Gasteiger partial charge < -0.3 is 35.1 Å². The average molecular weight is 269 g/mol. The third kappa shape index (κ3) is 155. The molecule has 0 rings (SSSR count). The van der Waals surface area contributed by atoms with Gasteiger partial charge in [0.1, 0.15) is 6.10 Å². The summed E-state index contributed by atoms with van der Waals surface area (Å²) in [5.74, 6) is -2.17. The average Bonchev–Trinajstić information content (AvgIpc) is 2.01. The molecule has 93 valence electrons. The quantitative estimate of drug-likeness (QED) is 0.462. The monoisotopic (exact) mass is 269 g/mol. The van der Waals surface area contributed by atoms with E-state index >= 15 is 0 Å². The van der Waals surface area contributed by atoms with Crippen molar-refractivity contribution in [1.82, 2.24) is 0 Å². The molecule has 7 nitrogen and oxygen atoms in total. The van der Waals surface area contributed by atoms with E-state index in [4.69, 9.17) is 35.1 Å². The van der Waals surface area contributed by atoms with Gasteiger partial charge in [-0.1, -0.05) is 0 Å². The van der Waals surface area contributed by atoms with E-state index in [1.54, 1.807) is 0 Å². The minimum atomic E-state index is -1.08. The van der Waals surface area contributed by atoms with E-state index in [2.05, 4.69) is 0 Å². The topological polar surface area (TPSA) is 141 Å². The number of carboxylic acid groups (broad SMARTS) is 2. The molecule has 3 N–H and O–H groups in total. The van der Waals surface area contributed by atoms with Crippen LogP contribution in [0.15, 0.2) is 0 Å².